The van der Waals surface area contributed by atoms with E-state index in [1.807, 2.05) is 0 Å². The van der Waals surface area contributed by atoms with Gasteiger partial charge in [-0.25, -0.2) is 9.18 Å². The fourth-order valence-corrected chi connectivity index (χ4v) is 2.15. The number of aldehydes is 1. The second-order valence-corrected chi connectivity index (χ2v) is 4.39. The highest BCUT2D eigenvalue weighted by atomic mass is 35.5. The van der Waals surface area contributed by atoms with Gasteiger partial charge in [-0.3, -0.25) is 4.79 Å². The highest BCUT2D eigenvalue weighted by molar-refractivity contribution is 6.36. The zero-order valence-corrected chi connectivity index (χ0v) is 11.3. The number of hydrogen-bond acceptors (Lipinski definition) is 3. The quantitative estimate of drug-likeness (QED) is 0.639. The van der Waals surface area contributed by atoms with Gasteiger partial charge in [0.15, 0.2) is 0 Å². The first-order valence-corrected chi connectivity index (χ1v) is 6.08. The second kappa shape index (κ2) is 5.84. The first-order valence-electron chi connectivity index (χ1n) is 5.70. The molecule has 0 bridgehead atoms. The van der Waals surface area contributed by atoms with Crippen LogP contribution in [0.3, 0.4) is 0 Å². The molecule has 0 atom stereocenters. The number of ether oxygens (including phenoxy) is 1. The summed E-state index contributed by atoms with van der Waals surface area (Å²) in [5, 5.41) is -0.0179. The Labute approximate surface area is 119 Å². The minimum Gasteiger partial charge on any atom is -0.465 e. The molecule has 0 N–H and O–H groups in total. The van der Waals surface area contributed by atoms with E-state index in [1.54, 1.807) is 24.3 Å². The molecule has 0 heterocycles. The molecule has 0 aliphatic rings. The normalized spacial score (nSPS) is 10.2. The molecule has 0 saturated carbocycles. The Morgan fingerprint density at radius 1 is 1.20 bits per heavy atom. The van der Waals surface area contributed by atoms with Crippen molar-refractivity contribution in [3.05, 3.63) is 58.4 Å². The fourth-order valence-electron chi connectivity index (χ4n) is 1.81. The molecule has 0 unspecified atom stereocenters. The zero-order valence-electron chi connectivity index (χ0n) is 10.5. The molecular formula is C15H10ClFO3. The van der Waals surface area contributed by atoms with E-state index in [-0.39, 0.29) is 10.6 Å². The molecule has 2 aromatic carbocycles. The van der Waals surface area contributed by atoms with Crippen LogP contribution in [0.15, 0.2) is 36.4 Å². The van der Waals surface area contributed by atoms with E-state index in [2.05, 4.69) is 4.74 Å². The predicted molar refractivity (Wildman–Crippen MR) is 73.6 cm³/mol. The molecule has 0 fully saturated rings. The average molecular weight is 293 g/mol. The Morgan fingerprint density at radius 3 is 2.40 bits per heavy atom. The summed E-state index contributed by atoms with van der Waals surface area (Å²) in [4.78, 5) is 22.2. The molecule has 0 aliphatic carbocycles. The van der Waals surface area contributed by atoms with Crippen LogP contribution >= 0.6 is 11.6 Å². The summed E-state index contributed by atoms with van der Waals surface area (Å²) in [7, 11) is 1.16. The summed E-state index contributed by atoms with van der Waals surface area (Å²) in [6, 6.07) is 9.19. The van der Waals surface area contributed by atoms with Gasteiger partial charge in [-0.2, -0.15) is 0 Å². The lowest BCUT2D eigenvalue weighted by Crippen LogP contribution is -2.06. The van der Waals surface area contributed by atoms with Gasteiger partial charge in [0, 0.05) is 11.1 Å². The standard InChI is InChI=1S/C15H10ClFO3/c1-20-15(19)13-12(17)7-6-11(14(13)16)10-4-2-9(8-18)3-5-10/h2-8H,1H3. The average Bonchev–Trinajstić information content (AvgIpc) is 2.47. The van der Waals surface area contributed by atoms with Crippen LogP contribution in [-0.2, 0) is 4.74 Å². The van der Waals surface area contributed by atoms with Crippen molar-refractivity contribution >= 4 is 23.9 Å². The van der Waals surface area contributed by atoms with Gasteiger partial charge in [0.05, 0.1) is 12.1 Å². The van der Waals surface area contributed by atoms with Gasteiger partial charge in [0.2, 0.25) is 0 Å². The van der Waals surface area contributed by atoms with Crippen LogP contribution in [0.5, 0.6) is 0 Å². The number of rotatable bonds is 3. The predicted octanol–water partition coefficient (Wildman–Crippen LogP) is 3.75. The van der Waals surface area contributed by atoms with E-state index in [4.69, 9.17) is 11.6 Å². The maximum atomic E-state index is 13.7. The SMILES string of the molecule is COC(=O)c1c(F)ccc(-c2ccc(C=O)cc2)c1Cl. The van der Waals surface area contributed by atoms with Crippen molar-refractivity contribution < 1.29 is 18.7 Å². The summed E-state index contributed by atoms with van der Waals surface area (Å²) in [5.41, 5.74) is 1.38. The first-order chi connectivity index (χ1) is 9.58. The number of esters is 1. The van der Waals surface area contributed by atoms with Gasteiger partial charge in [0.1, 0.15) is 17.7 Å². The van der Waals surface area contributed by atoms with Gasteiger partial charge in [0.25, 0.3) is 0 Å². The number of benzene rings is 2. The molecule has 0 spiro atoms. The van der Waals surface area contributed by atoms with Gasteiger partial charge in [-0.1, -0.05) is 35.9 Å². The van der Waals surface area contributed by atoms with Crippen molar-refractivity contribution in [2.75, 3.05) is 7.11 Å². The molecule has 0 radical (unpaired) electrons. The number of carbonyl (C=O) groups is 2. The maximum Gasteiger partial charge on any atom is 0.342 e. The van der Waals surface area contributed by atoms with E-state index < -0.39 is 11.8 Å². The van der Waals surface area contributed by atoms with Crippen molar-refractivity contribution in [1.29, 1.82) is 0 Å². The van der Waals surface area contributed by atoms with Crippen LogP contribution in [0.25, 0.3) is 11.1 Å². The Hall–Kier alpha value is -2.20. The van der Waals surface area contributed by atoms with Gasteiger partial charge in [-0.05, 0) is 17.7 Å². The molecule has 0 amide bonds. The monoisotopic (exact) mass is 292 g/mol. The van der Waals surface area contributed by atoms with Crippen LogP contribution in [0, 0.1) is 5.82 Å². The van der Waals surface area contributed by atoms with E-state index in [9.17, 15) is 14.0 Å². The van der Waals surface area contributed by atoms with Gasteiger partial charge < -0.3 is 4.74 Å². The molecule has 2 aromatic rings. The molecule has 0 saturated heterocycles. The van der Waals surface area contributed by atoms with Crippen molar-refractivity contribution in [3.8, 4) is 11.1 Å². The fraction of sp³-hybridized carbons (Fsp3) is 0.0667. The van der Waals surface area contributed by atoms with E-state index in [0.29, 0.717) is 16.7 Å². The van der Waals surface area contributed by atoms with Crippen molar-refractivity contribution in [2.24, 2.45) is 0 Å². The molecule has 3 nitrogen and oxygen atoms in total. The lowest BCUT2D eigenvalue weighted by Gasteiger charge is -2.09. The van der Waals surface area contributed by atoms with E-state index in [0.717, 1.165) is 19.5 Å². The number of methoxy groups -OCH3 is 1. The number of hydrogen-bond donors (Lipinski definition) is 0. The summed E-state index contributed by atoms with van der Waals surface area (Å²) in [6.45, 7) is 0. The van der Waals surface area contributed by atoms with Crippen molar-refractivity contribution in [2.45, 2.75) is 0 Å². The second-order valence-electron chi connectivity index (χ2n) is 4.02. The number of carbonyl (C=O) groups excluding carboxylic acids is 2. The zero-order chi connectivity index (χ0) is 14.7. The largest absolute Gasteiger partial charge is 0.465 e. The highest BCUT2D eigenvalue weighted by Gasteiger charge is 2.20. The van der Waals surface area contributed by atoms with Crippen LogP contribution < -0.4 is 0 Å². The lowest BCUT2D eigenvalue weighted by atomic mass is 10.0. The summed E-state index contributed by atoms with van der Waals surface area (Å²) < 4.78 is 18.2. The number of halogens is 2. The van der Waals surface area contributed by atoms with E-state index in [1.165, 1.54) is 6.07 Å². The van der Waals surface area contributed by atoms with Crippen molar-refractivity contribution in [3.63, 3.8) is 0 Å². The summed E-state index contributed by atoms with van der Waals surface area (Å²) in [5.74, 6) is -1.58. The summed E-state index contributed by atoms with van der Waals surface area (Å²) in [6.07, 6.45) is 0.718. The minimum atomic E-state index is -0.834. The molecule has 5 heteroatoms. The Bertz CT molecular complexity index is 666. The maximum absolute atomic E-state index is 13.7. The third-order valence-corrected chi connectivity index (χ3v) is 3.23. The first kappa shape index (κ1) is 14.2. The van der Waals surface area contributed by atoms with Gasteiger partial charge in [-0.15, -0.1) is 0 Å². The smallest absolute Gasteiger partial charge is 0.342 e. The Kier molecular flexibility index (Phi) is 4.15. The third kappa shape index (κ3) is 2.56. The minimum absolute atomic E-state index is 0.0179. The Balaban J connectivity index is 2.57. The highest BCUT2D eigenvalue weighted by Crippen LogP contribution is 2.32. The topological polar surface area (TPSA) is 43.4 Å². The Morgan fingerprint density at radius 2 is 1.85 bits per heavy atom. The molecule has 2 rings (SSSR count). The van der Waals surface area contributed by atoms with Gasteiger partial charge >= 0.3 is 5.97 Å². The molecule has 0 aromatic heterocycles. The van der Waals surface area contributed by atoms with Crippen LogP contribution in [0.1, 0.15) is 20.7 Å². The third-order valence-electron chi connectivity index (χ3n) is 2.84. The molecule has 102 valence electrons. The van der Waals surface area contributed by atoms with E-state index >= 15 is 0 Å². The molecule has 20 heavy (non-hydrogen) atoms. The summed E-state index contributed by atoms with van der Waals surface area (Å²) >= 11 is 6.09. The van der Waals surface area contributed by atoms with Crippen LogP contribution in [-0.4, -0.2) is 19.4 Å². The van der Waals surface area contributed by atoms with Crippen LogP contribution in [0.4, 0.5) is 4.39 Å². The lowest BCUT2D eigenvalue weighted by molar-refractivity contribution is 0.0595. The van der Waals surface area contributed by atoms with Crippen LogP contribution in [0.2, 0.25) is 5.02 Å². The molecule has 0 aliphatic heterocycles. The van der Waals surface area contributed by atoms with Crippen molar-refractivity contribution in [1.82, 2.24) is 0 Å². The molecular weight excluding hydrogens is 283 g/mol.